The Kier molecular flexibility index (Phi) is 9.71. The Hall–Kier alpha value is -6.00. The summed E-state index contributed by atoms with van der Waals surface area (Å²) >= 11 is 0. The summed E-state index contributed by atoms with van der Waals surface area (Å²) in [5.41, 5.74) is 22.6. The summed E-state index contributed by atoms with van der Waals surface area (Å²) in [6.45, 7) is 22.2. The zero-order valence-corrected chi connectivity index (χ0v) is 42.0. The molecule has 3 aliphatic heterocycles. The molecule has 0 radical (unpaired) electrons. The van der Waals surface area contributed by atoms with Gasteiger partial charge < -0.3 is 14.7 Å². The van der Waals surface area contributed by atoms with Gasteiger partial charge in [0.2, 0.25) is 0 Å². The first-order valence-corrected chi connectivity index (χ1v) is 25.8. The number of rotatable bonds is 4. The normalized spacial score (nSPS) is 22.0. The van der Waals surface area contributed by atoms with Crippen LogP contribution in [0.5, 0.6) is 0 Å². The average Bonchev–Trinajstić information content (AvgIpc) is 3.51. The molecule has 0 N–H and O–H groups in total. The van der Waals surface area contributed by atoms with Crippen molar-refractivity contribution in [1.29, 1.82) is 0 Å². The van der Waals surface area contributed by atoms with Gasteiger partial charge in [-0.1, -0.05) is 178 Å². The third kappa shape index (κ3) is 6.31. The predicted molar refractivity (Wildman–Crippen MR) is 292 cm³/mol. The second-order valence-corrected chi connectivity index (χ2v) is 23.8. The highest BCUT2D eigenvalue weighted by Crippen LogP contribution is 2.61. The zero-order valence-electron chi connectivity index (χ0n) is 42.0. The molecule has 2 aliphatic carbocycles. The van der Waals surface area contributed by atoms with Gasteiger partial charge in [0.15, 0.2) is 0 Å². The van der Waals surface area contributed by atoms with E-state index in [0.717, 1.165) is 12.8 Å². The molecule has 12 rings (SSSR count). The van der Waals surface area contributed by atoms with Crippen molar-refractivity contribution in [3.63, 3.8) is 0 Å². The molecule has 2 atom stereocenters. The molecule has 3 nitrogen and oxygen atoms in total. The van der Waals surface area contributed by atoms with E-state index < -0.39 is 0 Å². The second-order valence-electron chi connectivity index (χ2n) is 23.8. The molecule has 5 aliphatic rings. The maximum absolute atomic E-state index is 2.83. The van der Waals surface area contributed by atoms with Crippen molar-refractivity contribution in [3.8, 4) is 11.1 Å². The molecule has 342 valence electrons. The molecule has 0 bridgehead atoms. The summed E-state index contributed by atoms with van der Waals surface area (Å²) in [7, 11) is 0. The van der Waals surface area contributed by atoms with Crippen LogP contribution in [-0.4, -0.2) is 12.3 Å². The van der Waals surface area contributed by atoms with E-state index in [2.05, 4.69) is 229 Å². The van der Waals surface area contributed by atoms with Gasteiger partial charge in [-0.3, -0.25) is 0 Å². The Bertz CT molecular complexity index is 3120. The summed E-state index contributed by atoms with van der Waals surface area (Å²) in [6, 6.07) is 59.1. The van der Waals surface area contributed by atoms with Gasteiger partial charge in [-0.05, 0) is 148 Å². The van der Waals surface area contributed by atoms with Crippen molar-refractivity contribution >= 4 is 68.6 Å². The van der Waals surface area contributed by atoms with Crippen molar-refractivity contribution in [2.75, 3.05) is 14.7 Å². The van der Waals surface area contributed by atoms with Crippen LogP contribution in [0.2, 0.25) is 0 Å². The first-order valence-electron chi connectivity index (χ1n) is 25.8. The van der Waals surface area contributed by atoms with Crippen LogP contribution in [0.1, 0.15) is 136 Å². The van der Waals surface area contributed by atoms with Crippen molar-refractivity contribution in [2.45, 2.75) is 141 Å². The minimum absolute atomic E-state index is 0.00159. The minimum atomic E-state index is -0.128. The summed E-state index contributed by atoms with van der Waals surface area (Å²) in [5, 5.41) is 0. The van der Waals surface area contributed by atoms with Gasteiger partial charge in [0.25, 0.3) is 6.71 Å². The molecule has 7 aromatic rings. The van der Waals surface area contributed by atoms with Crippen LogP contribution in [-0.2, 0) is 21.7 Å². The van der Waals surface area contributed by atoms with Crippen LogP contribution in [0.25, 0.3) is 11.1 Å². The summed E-state index contributed by atoms with van der Waals surface area (Å²) < 4.78 is 0. The van der Waals surface area contributed by atoms with Crippen LogP contribution in [0.15, 0.2) is 152 Å². The summed E-state index contributed by atoms with van der Waals surface area (Å²) in [6.07, 6.45) is 9.78. The molecule has 3 heterocycles. The molecular formula is C64H68BN3. The lowest BCUT2D eigenvalue weighted by atomic mass is 9.33. The van der Waals surface area contributed by atoms with Gasteiger partial charge in [0, 0.05) is 50.8 Å². The van der Waals surface area contributed by atoms with Crippen LogP contribution in [0, 0.1) is 0 Å². The van der Waals surface area contributed by atoms with Crippen molar-refractivity contribution in [2.24, 2.45) is 0 Å². The molecule has 68 heavy (non-hydrogen) atoms. The van der Waals surface area contributed by atoms with Crippen LogP contribution in [0.4, 0.5) is 45.5 Å². The highest BCUT2D eigenvalue weighted by atomic mass is 15.3. The Morgan fingerprint density at radius 3 is 1.75 bits per heavy atom. The van der Waals surface area contributed by atoms with E-state index in [1.165, 1.54) is 134 Å². The van der Waals surface area contributed by atoms with Gasteiger partial charge >= 0.3 is 0 Å². The number of fused-ring (bicyclic) bond motifs is 8. The third-order valence-corrected chi connectivity index (χ3v) is 17.9. The topological polar surface area (TPSA) is 9.72 Å². The molecule has 1 fully saturated rings. The molecule has 0 aromatic heterocycles. The molecule has 2 unspecified atom stereocenters. The summed E-state index contributed by atoms with van der Waals surface area (Å²) in [4.78, 5) is 8.17. The maximum atomic E-state index is 2.83. The second kappa shape index (κ2) is 15.3. The van der Waals surface area contributed by atoms with E-state index in [4.69, 9.17) is 0 Å². The van der Waals surface area contributed by atoms with Gasteiger partial charge in [-0.15, -0.1) is 0 Å². The Labute approximate surface area is 407 Å². The van der Waals surface area contributed by atoms with E-state index in [-0.39, 0.29) is 33.9 Å². The van der Waals surface area contributed by atoms with E-state index in [0.29, 0.717) is 0 Å². The van der Waals surface area contributed by atoms with Gasteiger partial charge in [0.05, 0.1) is 11.2 Å². The van der Waals surface area contributed by atoms with Gasteiger partial charge in [-0.2, -0.15) is 0 Å². The maximum Gasteiger partial charge on any atom is 0.252 e. The standard InChI is InChI=1S/C64H68BN3/c1-60(2,3)44-32-33-53(47(38-44)43-24-14-12-15-25-43)67-56-42-50-49(61(4,5)36-37-62(50,6)7)41-52(56)65-51-29-19-21-31-55(51)66(45-26-16-13-17-27-45)57-39-46(40-58(67)59(57)65)68-54-30-20-18-28-48(54)63(8)34-22-10-11-23-35-64(63,68)9/h12-21,24-33,38-42H,10-11,22-23,34-37H2,1-9H3. The van der Waals surface area contributed by atoms with Crippen molar-refractivity contribution < 1.29 is 0 Å². The van der Waals surface area contributed by atoms with Crippen LogP contribution in [0.3, 0.4) is 0 Å². The Morgan fingerprint density at radius 2 is 1.04 bits per heavy atom. The van der Waals surface area contributed by atoms with E-state index >= 15 is 0 Å². The molecule has 0 amide bonds. The molecular weight excluding hydrogens is 822 g/mol. The SMILES string of the molecule is CC(C)(C)c1ccc(N2c3cc4c(cc3B3c5ccccc5N(c5ccccc5)c5cc(N6c7ccccc7C7(C)CCCCCCC67C)cc2c53)C(C)(C)CCC4(C)C)c(-c2ccccc2)c1. The fraction of sp³-hybridized carbons (Fsp3) is 0.344. The number of para-hydroxylation sites is 3. The quantitative estimate of drug-likeness (QED) is 0.163. The molecule has 0 spiro atoms. The highest BCUT2D eigenvalue weighted by molar-refractivity contribution is 7.00. The van der Waals surface area contributed by atoms with E-state index in [1.807, 2.05) is 0 Å². The number of hydrogen-bond acceptors (Lipinski definition) is 3. The largest absolute Gasteiger partial charge is 0.334 e. The van der Waals surface area contributed by atoms with Crippen molar-refractivity contribution in [3.05, 3.63) is 174 Å². The molecule has 1 saturated carbocycles. The van der Waals surface area contributed by atoms with Crippen LogP contribution < -0.4 is 31.1 Å². The summed E-state index contributed by atoms with van der Waals surface area (Å²) in [5.74, 6) is 0. The molecule has 4 heteroatoms. The molecule has 7 aromatic carbocycles. The number of nitrogens with zero attached hydrogens (tertiary/aromatic N) is 3. The fourth-order valence-corrected chi connectivity index (χ4v) is 13.7. The monoisotopic (exact) mass is 890 g/mol. The smallest absolute Gasteiger partial charge is 0.252 e. The fourth-order valence-electron chi connectivity index (χ4n) is 13.7. The first-order chi connectivity index (χ1) is 32.6. The predicted octanol–water partition coefficient (Wildman–Crippen LogP) is 15.6. The average molecular weight is 890 g/mol. The zero-order chi connectivity index (χ0) is 47.0. The van der Waals surface area contributed by atoms with Gasteiger partial charge in [0.1, 0.15) is 0 Å². The third-order valence-electron chi connectivity index (χ3n) is 17.9. The number of benzene rings is 7. The van der Waals surface area contributed by atoms with E-state index in [1.54, 1.807) is 0 Å². The lowest BCUT2D eigenvalue weighted by molar-refractivity contribution is 0.218. The number of hydrogen-bond donors (Lipinski definition) is 0. The van der Waals surface area contributed by atoms with Crippen molar-refractivity contribution in [1.82, 2.24) is 0 Å². The van der Waals surface area contributed by atoms with Gasteiger partial charge in [-0.25, -0.2) is 0 Å². The number of anilines is 8. The lowest BCUT2D eigenvalue weighted by Gasteiger charge is -2.50. The molecule has 0 saturated heterocycles. The van der Waals surface area contributed by atoms with Crippen LogP contribution >= 0.6 is 0 Å². The highest BCUT2D eigenvalue weighted by Gasteiger charge is 2.57. The van der Waals surface area contributed by atoms with E-state index in [9.17, 15) is 0 Å². The Balaban J connectivity index is 1.24. The lowest BCUT2D eigenvalue weighted by Crippen LogP contribution is -2.62. The first kappa shape index (κ1) is 43.3. The minimum Gasteiger partial charge on any atom is -0.334 e. The Morgan fingerprint density at radius 1 is 0.441 bits per heavy atom.